The van der Waals surface area contributed by atoms with E-state index < -0.39 is 22.5 Å². The monoisotopic (exact) mass is 536 g/mol. The lowest BCUT2D eigenvalue weighted by molar-refractivity contribution is -0.123. The molecule has 0 unspecified atom stereocenters. The van der Waals surface area contributed by atoms with Crippen LogP contribution in [0.15, 0.2) is 84.0 Å². The minimum atomic E-state index is -3.68. The number of anilines is 1. The lowest BCUT2D eigenvalue weighted by Gasteiger charge is -2.23. The molecule has 0 saturated carbocycles. The van der Waals surface area contributed by atoms with E-state index in [1.807, 2.05) is 56.3 Å². The van der Waals surface area contributed by atoms with E-state index in [4.69, 9.17) is 4.74 Å². The molecule has 2 N–H and O–H groups in total. The molecule has 0 radical (unpaired) electrons. The van der Waals surface area contributed by atoms with Crippen molar-refractivity contribution in [2.75, 3.05) is 23.7 Å². The van der Waals surface area contributed by atoms with E-state index >= 15 is 0 Å². The molecule has 0 heterocycles. The minimum absolute atomic E-state index is 0.126. The smallest absolute Gasteiger partial charge is 0.260 e. The van der Waals surface area contributed by atoms with E-state index in [2.05, 4.69) is 15.8 Å². The molecule has 10 heteroatoms. The van der Waals surface area contributed by atoms with Crippen LogP contribution in [-0.4, -0.2) is 45.9 Å². The molecule has 0 aliphatic rings. The Morgan fingerprint density at radius 2 is 1.63 bits per heavy atom. The number of hydrogen-bond acceptors (Lipinski definition) is 6. The summed E-state index contributed by atoms with van der Waals surface area (Å²) in [7, 11) is -3.68. The van der Waals surface area contributed by atoms with E-state index in [1.165, 1.54) is 6.21 Å². The summed E-state index contributed by atoms with van der Waals surface area (Å²) in [6.07, 6.45) is 3.12. The molecule has 200 valence electrons. The second-order valence-corrected chi connectivity index (χ2v) is 10.5. The second-order valence-electron chi connectivity index (χ2n) is 8.60. The highest BCUT2D eigenvalue weighted by Gasteiger charge is 2.22. The maximum Gasteiger partial charge on any atom is 0.260 e. The Balaban J connectivity index is 1.50. The Morgan fingerprint density at radius 3 is 2.29 bits per heavy atom. The molecule has 1 atom stereocenters. The zero-order valence-corrected chi connectivity index (χ0v) is 22.4. The molecular formula is C28H32N4O5S. The predicted molar refractivity (Wildman–Crippen MR) is 149 cm³/mol. The number of para-hydroxylation sites is 1. The van der Waals surface area contributed by atoms with Gasteiger partial charge in [0, 0.05) is 0 Å². The molecule has 0 spiro atoms. The number of nitrogens with one attached hydrogen (secondary N) is 2. The summed E-state index contributed by atoms with van der Waals surface area (Å²) in [5.41, 5.74) is 5.34. The number of carbonyl (C=O) groups excluding carboxylic acids is 2. The van der Waals surface area contributed by atoms with Crippen molar-refractivity contribution in [3.05, 3.63) is 95.6 Å². The molecule has 0 aromatic heterocycles. The summed E-state index contributed by atoms with van der Waals surface area (Å²) in [6, 6.07) is 23.4. The second kappa shape index (κ2) is 13.4. The van der Waals surface area contributed by atoms with Crippen molar-refractivity contribution in [3.63, 3.8) is 0 Å². The molecule has 38 heavy (non-hydrogen) atoms. The summed E-state index contributed by atoms with van der Waals surface area (Å²) in [5.74, 6) is -0.306. The maximum absolute atomic E-state index is 12.4. The third kappa shape index (κ3) is 8.45. The predicted octanol–water partition coefficient (Wildman–Crippen LogP) is 3.42. The maximum atomic E-state index is 12.4. The van der Waals surface area contributed by atoms with Gasteiger partial charge in [0.25, 0.3) is 11.8 Å². The van der Waals surface area contributed by atoms with Crippen LogP contribution in [0.5, 0.6) is 5.75 Å². The van der Waals surface area contributed by atoms with Crippen LogP contribution in [0.25, 0.3) is 0 Å². The van der Waals surface area contributed by atoms with Crippen LogP contribution in [0.3, 0.4) is 0 Å². The SMILES string of the molecule is CCc1ccccc1N(CC(=O)N/N=C\c1ccc(OCC(=O)N[C@H](C)c2ccccc2)cc1)S(C)(=O)=O. The highest BCUT2D eigenvalue weighted by atomic mass is 32.2. The van der Waals surface area contributed by atoms with Crippen LogP contribution in [0.4, 0.5) is 5.69 Å². The van der Waals surface area contributed by atoms with Gasteiger partial charge in [0.05, 0.1) is 24.2 Å². The Bertz CT molecular complexity index is 1360. The summed E-state index contributed by atoms with van der Waals surface area (Å²) < 4.78 is 31.3. The van der Waals surface area contributed by atoms with Gasteiger partial charge in [-0.1, -0.05) is 55.5 Å². The van der Waals surface area contributed by atoms with Crippen LogP contribution < -0.4 is 19.8 Å². The number of benzene rings is 3. The molecular weight excluding hydrogens is 504 g/mol. The van der Waals surface area contributed by atoms with Crippen LogP contribution in [0.2, 0.25) is 0 Å². The van der Waals surface area contributed by atoms with E-state index in [0.29, 0.717) is 23.4 Å². The van der Waals surface area contributed by atoms with Gasteiger partial charge in [0.15, 0.2) is 6.61 Å². The van der Waals surface area contributed by atoms with Gasteiger partial charge in [-0.15, -0.1) is 0 Å². The van der Waals surface area contributed by atoms with Gasteiger partial charge >= 0.3 is 0 Å². The number of aryl methyl sites for hydroxylation is 1. The summed E-state index contributed by atoms with van der Waals surface area (Å²) in [5, 5.41) is 6.82. The quantitative estimate of drug-likeness (QED) is 0.272. The minimum Gasteiger partial charge on any atom is -0.484 e. The summed E-state index contributed by atoms with van der Waals surface area (Å²) >= 11 is 0. The number of carbonyl (C=O) groups is 2. The Kier molecular flexibility index (Phi) is 10.0. The third-order valence-electron chi connectivity index (χ3n) is 5.66. The first-order valence-electron chi connectivity index (χ1n) is 12.1. The van der Waals surface area contributed by atoms with E-state index in [9.17, 15) is 18.0 Å². The number of hydrazone groups is 1. The number of hydrogen-bond donors (Lipinski definition) is 2. The van der Waals surface area contributed by atoms with Gasteiger partial charge in [-0.05, 0) is 60.4 Å². The molecule has 0 aliphatic carbocycles. The molecule has 0 bridgehead atoms. The lowest BCUT2D eigenvalue weighted by atomic mass is 10.1. The lowest BCUT2D eigenvalue weighted by Crippen LogP contribution is -2.39. The van der Waals surface area contributed by atoms with Crippen molar-refractivity contribution in [2.24, 2.45) is 5.10 Å². The van der Waals surface area contributed by atoms with Crippen LogP contribution in [0.1, 0.15) is 36.6 Å². The van der Waals surface area contributed by atoms with Gasteiger partial charge in [-0.2, -0.15) is 5.10 Å². The molecule has 3 aromatic carbocycles. The standard InChI is InChI=1S/C28H32N4O5S/c1-4-23-10-8-9-13-26(23)32(38(3,35)36)19-27(33)31-29-18-22-14-16-25(17-15-22)37-20-28(34)30-21(2)24-11-6-5-7-12-24/h5-18,21H,4,19-20H2,1-3H3,(H,30,34)(H,31,33)/b29-18-/t21-/m1/s1. The van der Waals surface area contributed by atoms with Crippen molar-refractivity contribution in [1.29, 1.82) is 0 Å². The molecule has 3 aromatic rings. The van der Waals surface area contributed by atoms with Crippen molar-refractivity contribution in [3.8, 4) is 5.75 Å². The van der Waals surface area contributed by atoms with Gasteiger partial charge in [0.1, 0.15) is 12.3 Å². The van der Waals surface area contributed by atoms with Gasteiger partial charge in [0.2, 0.25) is 10.0 Å². The first-order chi connectivity index (χ1) is 18.2. The Morgan fingerprint density at radius 1 is 0.974 bits per heavy atom. The zero-order valence-electron chi connectivity index (χ0n) is 21.6. The normalized spacial score (nSPS) is 12.1. The molecule has 3 rings (SSSR count). The zero-order chi connectivity index (χ0) is 27.5. The first-order valence-corrected chi connectivity index (χ1v) is 14.0. The van der Waals surface area contributed by atoms with Gasteiger partial charge in [-0.25, -0.2) is 13.8 Å². The fourth-order valence-corrected chi connectivity index (χ4v) is 4.57. The summed E-state index contributed by atoms with van der Waals surface area (Å²) in [4.78, 5) is 24.6. The largest absolute Gasteiger partial charge is 0.484 e. The number of ether oxygens (including phenoxy) is 1. The highest BCUT2D eigenvalue weighted by Crippen LogP contribution is 2.23. The molecule has 0 saturated heterocycles. The van der Waals surface area contributed by atoms with Gasteiger partial charge < -0.3 is 10.1 Å². The molecule has 9 nitrogen and oxygen atoms in total. The molecule has 0 aliphatic heterocycles. The van der Waals surface area contributed by atoms with E-state index in [-0.39, 0.29) is 18.6 Å². The van der Waals surface area contributed by atoms with E-state index in [0.717, 1.165) is 21.7 Å². The molecule has 2 amide bonds. The fraction of sp³-hybridized carbons (Fsp3) is 0.250. The van der Waals surface area contributed by atoms with Crippen LogP contribution in [-0.2, 0) is 26.0 Å². The topological polar surface area (TPSA) is 117 Å². The Labute approximate surface area is 223 Å². The van der Waals surface area contributed by atoms with Crippen molar-refractivity contribution < 1.29 is 22.7 Å². The average molecular weight is 537 g/mol. The van der Waals surface area contributed by atoms with E-state index in [1.54, 1.807) is 36.4 Å². The fourth-order valence-electron chi connectivity index (χ4n) is 3.69. The van der Waals surface area contributed by atoms with Crippen LogP contribution >= 0.6 is 0 Å². The van der Waals surface area contributed by atoms with Crippen molar-refractivity contribution in [1.82, 2.24) is 10.7 Å². The number of amides is 2. The number of rotatable bonds is 12. The number of sulfonamides is 1. The highest BCUT2D eigenvalue weighted by molar-refractivity contribution is 7.92. The first kappa shape index (κ1) is 28.4. The van der Waals surface area contributed by atoms with Crippen molar-refractivity contribution >= 4 is 33.7 Å². The van der Waals surface area contributed by atoms with Crippen LogP contribution in [0, 0.1) is 0 Å². The summed E-state index contributed by atoms with van der Waals surface area (Å²) in [6.45, 7) is 3.30. The third-order valence-corrected chi connectivity index (χ3v) is 6.79. The number of nitrogens with zero attached hydrogens (tertiary/aromatic N) is 2. The van der Waals surface area contributed by atoms with Gasteiger partial charge in [-0.3, -0.25) is 13.9 Å². The van der Waals surface area contributed by atoms with Crippen molar-refractivity contribution in [2.45, 2.75) is 26.3 Å². The Hall–Kier alpha value is -4.18. The average Bonchev–Trinajstić information content (AvgIpc) is 2.91. The molecule has 0 fully saturated rings.